The van der Waals surface area contributed by atoms with E-state index in [-0.39, 0.29) is 11.9 Å². The largest absolute Gasteiger partial charge is 0.495 e. The Bertz CT molecular complexity index is 863. The van der Waals surface area contributed by atoms with Crippen LogP contribution >= 0.6 is 0 Å². The summed E-state index contributed by atoms with van der Waals surface area (Å²) in [6.45, 7) is 4.29. The van der Waals surface area contributed by atoms with Crippen LogP contribution < -0.4 is 20.1 Å². The summed E-state index contributed by atoms with van der Waals surface area (Å²) in [6, 6.07) is 14.5. The average Bonchev–Trinajstić information content (AvgIpc) is 2.78. The molecule has 1 aliphatic rings. The van der Waals surface area contributed by atoms with Gasteiger partial charge in [0.15, 0.2) is 0 Å². The first-order valence-corrected chi connectivity index (χ1v) is 10.3. The molecule has 3 amide bonds. The molecule has 0 unspecified atom stereocenters. The lowest BCUT2D eigenvalue weighted by Crippen LogP contribution is -2.43. The lowest BCUT2D eigenvalue weighted by molar-refractivity contribution is 0.0935. The molecule has 0 saturated carbocycles. The summed E-state index contributed by atoms with van der Waals surface area (Å²) >= 11 is 0. The van der Waals surface area contributed by atoms with Crippen LogP contribution in [0.5, 0.6) is 11.5 Å². The van der Waals surface area contributed by atoms with Crippen molar-refractivity contribution >= 4 is 17.6 Å². The zero-order chi connectivity index (χ0) is 21.3. The van der Waals surface area contributed by atoms with Gasteiger partial charge in [0.25, 0.3) is 5.91 Å². The van der Waals surface area contributed by atoms with Crippen molar-refractivity contribution in [1.82, 2.24) is 10.2 Å². The van der Waals surface area contributed by atoms with Crippen molar-refractivity contribution in [3.05, 3.63) is 54.1 Å². The predicted octanol–water partition coefficient (Wildman–Crippen LogP) is 3.77. The van der Waals surface area contributed by atoms with Crippen LogP contribution in [0.2, 0.25) is 0 Å². The van der Waals surface area contributed by atoms with E-state index in [0.717, 1.165) is 12.8 Å². The number of nitrogens with zero attached hydrogens (tertiary/aromatic N) is 1. The molecule has 1 fully saturated rings. The molecular formula is C23H29N3O4. The van der Waals surface area contributed by atoms with E-state index in [4.69, 9.17) is 9.47 Å². The Kier molecular flexibility index (Phi) is 7.54. The number of urea groups is 1. The van der Waals surface area contributed by atoms with Gasteiger partial charge in [0.05, 0.1) is 25.0 Å². The first kappa shape index (κ1) is 21.5. The Hall–Kier alpha value is -3.22. The van der Waals surface area contributed by atoms with Gasteiger partial charge in [-0.1, -0.05) is 24.3 Å². The number of hydrogen-bond donors (Lipinski definition) is 2. The molecule has 160 valence electrons. The van der Waals surface area contributed by atoms with Gasteiger partial charge in [0.1, 0.15) is 11.5 Å². The monoisotopic (exact) mass is 411 g/mol. The molecule has 1 heterocycles. The molecule has 7 nitrogen and oxygen atoms in total. The number of nitrogens with one attached hydrogen (secondary N) is 2. The highest BCUT2D eigenvalue weighted by Crippen LogP contribution is 2.24. The Balaban J connectivity index is 1.47. The minimum absolute atomic E-state index is 0.129. The minimum atomic E-state index is -0.132. The number of likely N-dealkylation sites (tertiary alicyclic amines) is 1. The Labute approximate surface area is 177 Å². The number of hydrogen-bond acceptors (Lipinski definition) is 4. The van der Waals surface area contributed by atoms with E-state index >= 15 is 0 Å². The van der Waals surface area contributed by atoms with Crippen LogP contribution in [0.25, 0.3) is 0 Å². The summed E-state index contributed by atoms with van der Waals surface area (Å²) in [5.74, 6) is 1.44. The fourth-order valence-electron chi connectivity index (χ4n) is 3.55. The zero-order valence-electron chi connectivity index (χ0n) is 17.5. The Morgan fingerprint density at radius 1 is 1.03 bits per heavy atom. The maximum absolute atomic E-state index is 12.6. The second-order valence-electron chi connectivity index (χ2n) is 7.20. The second-order valence-corrected chi connectivity index (χ2v) is 7.20. The molecule has 3 rings (SSSR count). The molecule has 30 heavy (non-hydrogen) atoms. The highest BCUT2D eigenvalue weighted by molar-refractivity contribution is 5.96. The number of amides is 3. The third kappa shape index (κ3) is 5.43. The van der Waals surface area contributed by atoms with Gasteiger partial charge in [-0.05, 0) is 49.9 Å². The van der Waals surface area contributed by atoms with Gasteiger partial charge >= 0.3 is 6.03 Å². The van der Waals surface area contributed by atoms with Crippen LogP contribution in [-0.2, 0) is 0 Å². The molecule has 0 aromatic heterocycles. The van der Waals surface area contributed by atoms with Crippen molar-refractivity contribution in [3.8, 4) is 11.5 Å². The third-order valence-corrected chi connectivity index (χ3v) is 5.23. The number of para-hydroxylation sites is 3. The maximum Gasteiger partial charge on any atom is 0.321 e. The second kappa shape index (κ2) is 10.5. The zero-order valence-corrected chi connectivity index (χ0v) is 17.5. The van der Waals surface area contributed by atoms with Crippen molar-refractivity contribution in [2.75, 3.05) is 38.7 Å². The molecule has 0 aliphatic carbocycles. The van der Waals surface area contributed by atoms with Gasteiger partial charge < -0.3 is 25.0 Å². The Morgan fingerprint density at radius 3 is 2.40 bits per heavy atom. The van der Waals surface area contributed by atoms with Gasteiger partial charge in [0.2, 0.25) is 0 Å². The molecule has 2 N–H and O–H groups in total. The molecular weight excluding hydrogens is 382 g/mol. The smallest absolute Gasteiger partial charge is 0.321 e. The van der Waals surface area contributed by atoms with E-state index in [2.05, 4.69) is 10.6 Å². The number of anilines is 1. The van der Waals surface area contributed by atoms with E-state index in [1.807, 2.05) is 43.3 Å². The van der Waals surface area contributed by atoms with Crippen LogP contribution in [0.15, 0.2) is 48.5 Å². The molecule has 1 aliphatic heterocycles. The van der Waals surface area contributed by atoms with Gasteiger partial charge in [-0.2, -0.15) is 0 Å². The van der Waals surface area contributed by atoms with Crippen molar-refractivity contribution in [1.29, 1.82) is 0 Å². The summed E-state index contributed by atoms with van der Waals surface area (Å²) < 4.78 is 10.8. The summed E-state index contributed by atoms with van der Waals surface area (Å²) in [7, 11) is 1.58. The van der Waals surface area contributed by atoms with Crippen LogP contribution in [0, 0.1) is 5.92 Å². The van der Waals surface area contributed by atoms with E-state index < -0.39 is 0 Å². The first-order chi connectivity index (χ1) is 14.6. The van der Waals surface area contributed by atoms with Gasteiger partial charge in [-0.25, -0.2) is 4.79 Å². The standard InChI is InChI=1S/C23H29N3O4/c1-3-30-20-10-6-4-8-18(20)22(27)24-16-17-12-14-26(15-13-17)23(28)25-19-9-5-7-11-21(19)29-2/h4-11,17H,3,12-16H2,1-2H3,(H,24,27)(H,25,28). The van der Waals surface area contributed by atoms with E-state index in [0.29, 0.717) is 54.9 Å². The van der Waals surface area contributed by atoms with Crippen LogP contribution in [0.4, 0.5) is 10.5 Å². The van der Waals surface area contributed by atoms with Gasteiger partial charge in [-0.3, -0.25) is 4.79 Å². The highest BCUT2D eigenvalue weighted by atomic mass is 16.5. The lowest BCUT2D eigenvalue weighted by Gasteiger charge is -2.32. The summed E-state index contributed by atoms with van der Waals surface area (Å²) in [5.41, 5.74) is 1.21. The number of carbonyl (C=O) groups is 2. The quantitative estimate of drug-likeness (QED) is 0.727. The number of rotatable bonds is 7. The van der Waals surface area contributed by atoms with Crippen LogP contribution in [0.3, 0.4) is 0 Å². The predicted molar refractivity (Wildman–Crippen MR) is 116 cm³/mol. The average molecular weight is 412 g/mol. The van der Waals surface area contributed by atoms with Gasteiger partial charge in [-0.15, -0.1) is 0 Å². The van der Waals surface area contributed by atoms with E-state index in [1.54, 1.807) is 24.1 Å². The normalized spacial score (nSPS) is 14.1. The number of benzene rings is 2. The number of carbonyl (C=O) groups excluding carboxylic acids is 2. The summed E-state index contributed by atoms with van der Waals surface area (Å²) in [6.07, 6.45) is 1.68. The Morgan fingerprint density at radius 2 is 1.70 bits per heavy atom. The molecule has 7 heteroatoms. The molecule has 2 aromatic carbocycles. The SMILES string of the molecule is CCOc1ccccc1C(=O)NCC1CCN(C(=O)Nc2ccccc2OC)CC1. The van der Waals surface area contributed by atoms with Crippen molar-refractivity contribution in [2.45, 2.75) is 19.8 Å². The number of ether oxygens (including phenoxy) is 2. The fourth-order valence-corrected chi connectivity index (χ4v) is 3.55. The first-order valence-electron chi connectivity index (χ1n) is 10.3. The number of piperidine rings is 1. The highest BCUT2D eigenvalue weighted by Gasteiger charge is 2.24. The topological polar surface area (TPSA) is 79.9 Å². The molecule has 1 saturated heterocycles. The van der Waals surface area contributed by atoms with Crippen molar-refractivity contribution in [3.63, 3.8) is 0 Å². The fraction of sp³-hybridized carbons (Fsp3) is 0.391. The molecule has 0 spiro atoms. The van der Waals surface area contributed by atoms with E-state index in [9.17, 15) is 9.59 Å². The van der Waals surface area contributed by atoms with Gasteiger partial charge in [0, 0.05) is 19.6 Å². The molecule has 0 atom stereocenters. The van der Waals surface area contributed by atoms with Crippen LogP contribution in [-0.4, -0.2) is 50.2 Å². The summed E-state index contributed by atoms with van der Waals surface area (Å²) in [5, 5.41) is 5.93. The minimum Gasteiger partial charge on any atom is -0.495 e. The van der Waals surface area contributed by atoms with Crippen LogP contribution in [0.1, 0.15) is 30.1 Å². The molecule has 0 radical (unpaired) electrons. The molecule has 2 aromatic rings. The lowest BCUT2D eigenvalue weighted by atomic mass is 9.97. The maximum atomic E-state index is 12.6. The third-order valence-electron chi connectivity index (χ3n) is 5.23. The molecule has 0 bridgehead atoms. The summed E-state index contributed by atoms with van der Waals surface area (Å²) in [4.78, 5) is 26.9. The van der Waals surface area contributed by atoms with Crippen molar-refractivity contribution in [2.24, 2.45) is 5.92 Å². The van der Waals surface area contributed by atoms with E-state index in [1.165, 1.54) is 0 Å². The number of methoxy groups -OCH3 is 1. The van der Waals surface area contributed by atoms with Crippen molar-refractivity contribution < 1.29 is 19.1 Å².